The Hall–Kier alpha value is -1.55. The van der Waals surface area contributed by atoms with Crippen molar-refractivity contribution in [3.05, 3.63) is 23.8 Å². The van der Waals surface area contributed by atoms with Crippen molar-refractivity contribution in [2.75, 3.05) is 45.8 Å². The summed E-state index contributed by atoms with van der Waals surface area (Å²) in [6.07, 6.45) is 2.62. The van der Waals surface area contributed by atoms with Gasteiger partial charge in [0, 0.05) is 33.7 Å². The van der Waals surface area contributed by atoms with Gasteiger partial charge in [0.05, 0.1) is 25.9 Å². The van der Waals surface area contributed by atoms with Crippen LogP contribution in [0.25, 0.3) is 0 Å². The number of amides is 1. The van der Waals surface area contributed by atoms with Gasteiger partial charge in [-0.05, 0) is 43.4 Å². The van der Waals surface area contributed by atoms with Crippen LogP contribution in [0.3, 0.4) is 0 Å². The van der Waals surface area contributed by atoms with E-state index in [1.54, 1.807) is 7.11 Å². The van der Waals surface area contributed by atoms with E-state index in [0.29, 0.717) is 24.6 Å². The maximum atomic E-state index is 11.4. The van der Waals surface area contributed by atoms with Gasteiger partial charge in [0.15, 0.2) is 5.96 Å². The maximum absolute atomic E-state index is 11.4. The first-order valence-corrected chi connectivity index (χ1v) is 9.55. The number of nitrogens with one attached hydrogen (secondary N) is 2. The first kappa shape index (κ1) is 24.5. The van der Waals surface area contributed by atoms with Gasteiger partial charge in [0.25, 0.3) is 0 Å². The molecule has 0 bridgehead atoms. The van der Waals surface area contributed by atoms with Gasteiger partial charge in [-0.2, -0.15) is 0 Å². The van der Waals surface area contributed by atoms with Crippen molar-refractivity contribution >= 4 is 41.5 Å². The van der Waals surface area contributed by atoms with Crippen molar-refractivity contribution in [2.45, 2.75) is 33.2 Å². The molecule has 0 spiro atoms. The number of methoxy groups -OCH3 is 1. The molecule has 0 radical (unpaired) electrons. The number of guanidine groups is 1. The highest BCUT2D eigenvalue weighted by Crippen LogP contribution is 2.28. The highest BCUT2D eigenvalue weighted by molar-refractivity contribution is 14.0. The average molecular weight is 504 g/mol. The Bertz CT molecular complexity index is 650. The molecule has 1 aliphatic rings. The number of anilines is 1. The third kappa shape index (κ3) is 8.64. The fourth-order valence-electron chi connectivity index (χ4n) is 2.62. The predicted octanol–water partition coefficient (Wildman–Crippen LogP) is 3.10. The number of nitrogens with zero attached hydrogens (tertiary/aromatic N) is 2. The van der Waals surface area contributed by atoms with E-state index in [1.807, 2.05) is 25.2 Å². The molecule has 1 aliphatic carbocycles. The highest BCUT2D eigenvalue weighted by Gasteiger charge is 2.21. The van der Waals surface area contributed by atoms with Gasteiger partial charge in [-0.3, -0.25) is 4.79 Å². The first-order chi connectivity index (χ1) is 13.0. The second-order valence-corrected chi connectivity index (χ2v) is 6.83. The molecular formula is C20H33IN4O3. The molecule has 0 atom stereocenters. The summed E-state index contributed by atoms with van der Waals surface area (Å²) in [5.74, 6) is 2.12. The lowest BCUT2D eigenvalue weighted by molar-refractivity contribution is -0.114. The molecule has 28 heavy (non-hydrogen) atoms. The fraction of sp³-hybridized carbons (Fsp3) is 0.600. The van der Waals surface area contributed by atoms with Gasteiger partial charge in [-0.25, -0.2) is 4.99 Å². The van der Waals surface area contributed by atoms with Crippen molar-refractivity contribution in [2.24, 2.45) is 10.9 Å². The number of benzene rings is 1. The van der Waals surface area contributed by atoms with Gasteiger partial charge in [-0.15, -0.1) is 24.0 Å². The smallest absolute Gasteiger partial charge is 0.221 e. The van der Waals surface area contributed by atoms with Gasteiger partial charge >= 0.3 is 0 Å². The number of ether oxygens (including phenoxy) is 2. The lowest BCUT2D eigenvalue weighted by Crippen LogP contribution is -2.40. The zero-order valence-corrected chi connectivity index (χ0v) is 19.6. The number of aliphatic imine (C=N–C) groups is 1. The topological polar surface area (TPSA) is 75.2 Å². The third-order valence-corrected chi connectivity index (χ3v) is 4.30. The summed E-state index contributed by atoms with van der Waals surface area (Å²) in [6.45, 7) is 7.20. The van der Waals surface area contributed by atoms with Crippen LogP contribution in [0, 0.1) is 5.92 Å². The summed E-state index contributed by atoms with van der Waals surface area (Å²) in [5.41, 5.74) is 1.65. The molecule has 1 saturated carbocycles. The van der Waals surface area contributed by atoms with E-state index in [9.17, 15) is 4.79 Å². The van der Waals surface area contributed by atoms with Crippen LogP contribution in [0.1, 0.15) is 32.3 Å². The Morgan fingerprint density at radius 2 is 2.11 bits per heavy atom. The van der Waals surface area contributed by atoms with Crippen LogP contribution < -0.4 is 15.4 Å². The van der Waals surface area contributed by atoms with Crippen LogP contribution >= 0.6 is 24.0 Å². The normalized spacial score (nSPS) is 13.5. The minimum absolute atomic E-state index is 0. The van der Waals surface area contributed by atoms with E-state index in [-0.39, 0.29) is 29.9 Å². The Labute approximate surface area is 185 Å². The molecule has 2 N–H and O–H groups in total. The minimum atomic E-state index is -0.131. The molecular weight excluding hydrogens is 471 g/mol. The van der Waals surface area contributed by atoms with Gasteiger partial charge in [0.2, 0.25) is 5.91 Å². The standard InChI is InChI=1S/C20H32N4O3.HI/c1-5-21-20(24(3)10-11-27-14-16-6-7-16)22-13-17-8-9-19(26-4)18(12-17)23-15(2)25;/h8-9,12,16H,5-7,10-11,13-14H2,1-4H3,(H,21,22)(H,23,25);1H. The van der Waals surface area contributed by atoms with Crippen molar-refractivity contribution in [1.29, 1.82) is 0 Å². The lowest BCUT2D eigenvalue weighted by Gasteiger charge is -2.22. The Balaban J connectivity index is 0.00000392. The largest absolute Gasteiger partial charge is 0.495 e. The van der Waals surface area contributed by atoms with Crippen molar-refractivity contribution in [3.63, 3.8) is 0 Å². The van der Waals surface area contributed by atoms with Gasteiger partial charge in [0.1, 0.15) is 5.75 Å². The van der Waals surface area contributed by atoms with Gasteiger partial charge in [-0.1, -0.05) is 6.07 Å². The second-order valence-electron chi connectivity index (χ2n) is 6.83. The molecule has 1 amide bonds. The summed E-state index contributed by atoms with van der Waals surface area (Å²) in [6, 6.07) is 5.69. The number of rotatable bonds is 10. The Morgan fingerprint density at radius 1 is 1.36 bits per heavy atom. The average Bonchev–Trinajstić information content (AvgIpc) is 3.46. The Kier molecular flexibility index (Phi) is 11.2. The molecule has 0 saturated heterocycles. The van der Waals surface area contributed by atoms with Crippen LogP contribution in [0.2, 0.25) is 0 Å². The fourth-order valence-corrected chi connectivity index (χ4v) is 2.62. The Morgan fingerprint density at radius 3 is 2.71 bits per heavy atom. The first-order valence-electron chi connectivity index (χ1n) is 9.55. The summed E-state index contributed by atoms with van der Waals surface area (Å²) in [5, 5.41) is 6.10. The quantitative estimate of drug-likeness (QED) is 0.222. The molecule has 0 unspecified atom stereocenters. The molecule has 0 aliphatic heterocycles. The van der Waals surface area contributed by atoms with Crippen LogP contribution in [0.5, 0.6) is 5.75 Å². The minimum Gasteiger partial charge on any atom is -0.495 e. The molecule has 1 aromatic carbocycles. The van der Waals surface area contributed by atoms with E-state index in [2.05, 4.69) is 22.5 Å². The maximum Gasteiger partial charge on any atom is 0.221 e. The molecule has 2 rings (SSSR count). The van der Waals surface area contributed by atoms with E-state index in [1.165, 1.54) is 19.8 Å². The number of halogens is 1. The molecule has 1 fully saturated rings. The number of hydrogen-bond donors (Lipinski definition) is 2. The van der Waals surface area contributed by atoms with Crippen LogP contribution in [0.15, 0.2) is 23.2 Å². The molecule has 1 aromatic rings. The highest BCUT2D eigenvalue weighted by atomic mass is 127. The predicted molar refractivity (Wildman–Crippen MR) is 124 cm³/mol. The second kappa shape index (κ2) is 12.8. The van der Waals surface area contributed by atoms with Crippen LogP contribution in [-0.2, 0) is 16.1 Å². The number of likely N-dealkylation sites (N-methyl/N-ethyl adjacent to an activating group) is 1. The monoisotopic (exact) mass is 504 g/mol. The van der Waals surface area contributed by atoms with E-state index < -0.39 is 0 Å². The summed E-state index contributed by atoms with van der Waals surface area (Å²) >= 11 is 0. The SMILES string of the molecule is CCNC(=NCc1ccc(OC)c(NC(C)=O)c1)N(C)CCOCC1CC1.I. The van der Waals surface area contributed by atoms with Crippen LogP contribution in [-0.4, -0.2) is 57.2 Å². The summed E-state index contributed by atoms with van der Waals surface area (Å²) in [7, 11) is 3.60. The zero-order chi connectivity index (χ0) is 19.6. The van der Waals surface area contributed by atoms with Crippen LogP contribution in [0.4, 0.5) is 5.69 Å². The van der Waals surface area contributed by atoms with E-state index >= 15 is 0 Å². The molecule has 7 nitrogen and oxygen atoms in total. The number of hydrogen-bond acceptors (Lipinski definition) is 4. The van der Waals surface area contributed by atoms with Crippen molar-refractivity contribution < 1.29 is 14.3 Å². The molecule has 8 heteroatoms. The number of carbonyl (C=O) groups excluding carboxylic acids is 1. The van der Waals surface area contributed by atoms with Crippen molar-refractivity contribution in [3.8, 4) is 5.75 Å². The molecule has 0 heterocycles. The van der Waals surface area contributed by atoms with E-state index in [0.717, 1.165) is 37.1 Å². The lowest BCUT2D eigenvalue weighted by atomic mass is 10.2. The van der Waals surface area contributed by atoms with Crippen molar-refractivity contribution in [1.82, 2.24) is 10.2 Å². The van der Waals surface area contributed by atoms with Gasteiger partial charge < -0.3 is 25.0 Å². The summed E-state index contributed by atoms with van der Waals surface area (Å²) in [4.78, 5) is 18.2. The summed E-state index contributed by atoms with van der Waals surface area (Å²) < 4.78 is 11.0. The molecule has 158 valence electrons. The number of carbonyl (C=O) groups is 1. The third-order valence-electron chi connectivity index (χ3n) is 4.30. The van der Waals surface area contributed by atoms with E-state index in [4.69, 9.17) is 14.5 Å². The zero-order valence-electron chi connectivity index (χ0n) is 17.3. The molecule has 0 aromatic heterocycles.